The van der Waals surface area contributed by atoms with E-state index in [2.05, 4.69) is 42.5 Å². The van der Waals surface area contributed by atoms with Gasteiger partial charge in [0.15, 0.2) is 0 Å². The van der Waals surface area contributed by atoms with Gasteiger partial charge in [-0.2, -0.15) is 0 Å². The molecular weight excluding hydrogens is 147 g/mol. The van der Waals surface area contributed by atoms with Crippen LogP contribution in [-0.4, -0.2) is 41.5 Å². The van der Waals surface area contributed by atoms with Crippen molar-refractivity contribution >= 4 is 8.41 Å². The molecule has 0 unspecified atom stereocenters. The Labute approximate surface area is 77.9 Å². The first kappa shape index (κ1) is 13.9. The minimum absolute atomic E-state index is 0. The van der Waals surface area contributed by atoms with Crippen molar-refractivity contribution in [2.24, 2.45) is 0 Å². The van der Waals surface area contributed by atoms with Crippen molar-refractivity contribution < 1.29 is 0 Å². The Morgan fingerprint density at radius 2 is 1.83 bits per heavy atom. The molecule has 0 saturated carbocycles. The first-order valence-electron chi connectivity index (χ1n) is 3.84. The molecular formula is C9H21BN2. The van der Waals surface area contributed by atoms with E-state index in [9.17, 15) is 0 Å². The van der Waals surface area contributed by atoms with Crippen LogP contribution in [0.25, 0.3) is 0 Å². The molecule has 0 spiro atoms. The normalized spacial score (nSPS) is 12.5. The van der Waals surface area contributed by atoms with Crippen molar-refractivity contribution in [3.05, 3.63) is 23.9 Å². The average molecular weight is 168 g/mol. The molecule has 0 bridgehead atoms. The third-order valence-electron chi connectivity index (χ3n) is 1.33. The van der Waals surface area contributed by atoms with E-state index >= 15 is 0 Å². The number of hydrogen-bond acceptors (Lipinski definition) is 2. The van der Waals surface area contributed by atoms with Crippen molar-refractivity contribution in [2.45, 2.75) is 6.42 Å². The summed E-state index contributed by atoms with van der Waals surface area (Å²) in [5.74, 6) is 0. The fraction of sp³-hybridized carbons (Fsp3) is 0.556. The molecule has 12 heavy (non-hydrogen) atoms. The van der Waals surface area contributed by atoms with Crippen LogP contribution in [0, 0.1) is 0 Å². The second kappa shape index (κ2) is 8.40. The van der Waals surface area contributed by atoms with Gasteiger partial charge >= 0.3 is 0 Å². The fourth-order valence-electron chi connectivity index (χ4n) is 0.768. The van der Waals surface area contributed by atoms with E-state index < -0.39 is 0 Å². The SMILES string of the molecule is B.CN(C)C1=CC=CC1.CNC. The highest BCUT2D eigenvalue weighted by molar-refractivity contribution is 5.75. The van der Waals surface area contributed by atoms with Gasteiger partial charge in [0.25, 0.3) is 0 Å². The van der Waals surface area contributed by atoms with E-state index in [0.29, 0.717) is 0 Å². The molecule has 0 aromatic rings. The van der Waals surface area contributed by atoms with Crippen molar-refractivity contribution in [3.63, 3.8) is 0 Å². The molecule has 1 rings (SSSR count). The minimum atomic E-state index is 0. The van der Waals surface area contributed by atoms with Gasteiger partial charge in [-0.15, -0.1) is 0 Å². The van der Waals surface area contributed by atoms with Crippen molar-refractivity contribution in [3.8, 4) is 0 Å². The molecule has 1 N–H and O–H groups in total. The molecule has 0 fully saturated rings. The third kappa shape index (κ3) is 6.04. The smallest absolute Gasteiger partial charge is 0.0814 e. The highest BCUT2D eigenvalue weighted by Crippen LogP contribution is 2.10. The van der Waals surface area contributed by atoms with Crippen molar-refractivity contribution in [1.82, 2.24) is 10.2 Å². The molecule has 1 aliphatic rings. The maximum atomic E-state index is 2.75. The van der Waals surface area contributed by atoms with Crippen LogP contribution in [0.1, 0.15) is 6.42 Å². The standard InChI is InChI=1S/C7H11N.C2H7N.BH3/c1-8(2)7-5-3-4-6-7;1-3-2;/h3-5H,6H2,1-2H3;3H,1-2H3;1H3. The van der Waals surface area contributed by atoms with Gasteiger partial charge in [-0.05, 0) is 20.2 Å². The summed E-state index contributed by atoms with van der Waals surface area (Å²) in [6.45, 7) is 0. The predicted octanol–water partition coefficient (Wildman–Crippen LogP) is 0.0435. The number of hydrogen-bond donors (Lipinski definition) is 1. The first-order chi connectivity index (χ1) is 5.22. The van der Waals surface area contributed by atoms with Crippen LogP contribution < -0.4 is 5.32 Å². The summed E-state index contributed by atoms with van der Waals surface area (Å²) >= 11 is 0. The summed E-state index contributed by atoms with van der Waals surface area (Å²) in [5, 5.41) is 2.75. The zero-order valence-electron chi connectivity index (χ0n) is 7.89. The average Bonchev–Trinajstić information content (AvgIpc) is 2.38. The van der Waals surface area contributed by atoms with Gasteiger partial charge in [0, 0.05) is 26.2 Å². The highest BCUT2D eigenvalue weighted by Gasteiger charge is 1.98. The molecule has 0 heterocycles. The van der Waals surface area contributed by atoms with Crippen LogP contribution in [0.5, 0.6) is 0 Å². The zero-order valence-corrected chi connectivity index (χ0v) is 7.89. The Hall–Kier alpha value is -0.695. The Morgan fingerprint density at radius 1 is 1.33 bits per heavy atom. The van der Waals surface area contributed by atoms with Gasteiger partial charge in [0.1, 0.15) is 0 Å². The molecule has 0 aliphatic heterocycles. The molecule has 3 heteroatoms. The van der Waals surface area contributed by atoms with Gasteiger partial charge < -0.3 is 10.2 Å². The van der Waals surface area contributed by atoms with Crippen LogP contribution in [-0.2, 0) is 0 Å². The lowest BCUT2D eigenvalue weighted by Gasteiger charge is -2.11. The number of allylic oxidation sites excluding steroid dienone is 3. The molecule has 1 aliphatic carbocycles. The maximum Gasteiger partial charge on any atom is 0.0814 e. The quantitative estimate of drug-likeness (QED) is 0.556. The lowest BCUT2D eigenvalue weighted by molar-refractivity contribution is 0.504. The van der Waals surface area contributed by atoms with Crippen LogP contribution >= 0.6 is 0 Å². The Kier molecular flexibility index (Phi) is 9.71. The minimum Gasteiger partial charge on any atom is -0.381 e. The zero-order chi connectivity index (χ0) is 8.69. The van der Waals surface area contributed by atoms with E-state index in [4.69, 9.17) is 0 Å². The van der Waals surface area contributed by atoms with Crippen LogP contribution in [0.3, 0.4) is 0 Å². The lowest BCUT2D eigenvalue weighted by Crippen LogP contribution is -2.08. The van der Waals surface area contributed by atoms with E-state index in [1.165, 1.54) is 5.70 Å². The predicted molar refractivity (Wildman–Crippen MR) is 60.4 cm³/mol. The Bertz CT molecular complexity index is 151. The van der Waals surface area contributed by atoms with Crippen molar-refractivity contribution in [2.75, 3.05) is 28.2 Å². The van der Waals surface area contributed by atoms with Crippen molar-refractivity contribution in [1.29, 1.82) is 0 Å². The summed E-state index contributed by atoms with van der Waals surface area (Å²) < 4.78 is 0. The topological polar surface area (TPSA) is 15.3 Å². The van der Waals surface area contributed by atoms with Gasteiger partial charge in [0.05, 0.1) is 8.41 Å². The fourth-order valence-corrected chi connectivity index (χ4v) is 0.768. The van der Waals surface area contributed by atoms with E-state index in [1.807, 2.05) is 14.1 Å². The summed E-state index contributed by atoms with van der Waals surface area (Å²) in [5.41, 5.74) is 1.39. The number of rotatable bonds is 1. The summed E-state index contributed by atoms with van der Waals surface area (Å²) in [7, 11) is 7.89. The second-order valence-corrected chi connectivity index (χ2v) is 2.68. The van der Waals surface area contributed by atoms with Crippen LogP contribution in [0.15, 0.2) is 23.9 Å². The molecule has 70 valence electrons. The van der Waals surface area contributed by atoms with E-state index in [-0.39, 0.29) is 8.41 Å². The van der Waals surface area contributed by atoms with Gasteiger partial charge in [0.2, 0.25) is 0 Å². The molecule has 0 atom stereocenters. The maximum absolute atomic E-state index is 2.75. The molecule has 0 amide bonds. The largest absolute Gasteiger partial charge is 0.381 e. The monoisotopic (exact) mass is 168 g/mol. The van der Waals surface area contributed by atoms with Crippen LogP contribution in [0.4, 0.5) is 0 Å². The Balaban J connectivity index is 0. The van der Waals surface area contributed by atoms with Gasteiger partial charge in [-0.1, -0.05) is 12.2 Å². The summed E-state index contributed by atoms with van der Waals surface area (Å²) in [6.07, 6.45) is 7.50. The molecule has 0 radical (unpaired) electrons. The molecule has 0 aromatic heterocycles. The first-order valence-corrected chi connectivity index (χ1v) is 3.84. The van der Waals surface area contributed by atoms with Gasteiger partial charge in [-0.3, -0.25) is 0 Å². The third-order valence-corrected chi connectivity index (χ3v) is 1.33. The van der Waals surface area contributed by atoms with E-state index in [1.54, 1.807) is 0 Å². The molecule has 0 saturated heterocycles. The van der Waals surface area contributed by atoms with Gasteiger partial charge in [-0.25, -0.2) is 0 Å². The Morgan fingerprint density at radius 3 is 2.00 bits per heavy atom. The molecule has 2 nitrogen and oxygen atoms in total. The second-order valence-electron chi connectivity index (χ2n) is 2.68. The van der Waals surface area contributed by atoms with Crippen LogP contribution in [0.2, 0.25) is 0 Å². The highest BCUT2D eigenvalue weighted by atomic mass is 15.1. The molecule has 0 aromatic carbocycles. The van der Waals surface area contributed by atoms with E-state index in [0.717, 1.165) is 6.42 Å². The summed E-state index contributed by atoms with van der Waals surface area (Å²) in [6, 6.07) is 0. The lowest BCUT2D eigenvalue weighted by atomic mass is 10.4. The number of nitrogens with one attached hydrogen (secondary N) is 1. The summed E-state index contributed by atoms with van der Waals surface area (Å²) in [4.78, 5) is 2.14. The number of nitrogens with zero attached hydrogens (tertiary/aromatic N) is 1.